The minimum Gasteiger partial charge on any atom is -0.455 e. The molecule has 69 heavy (non-hydrogen) atoms. The third kappa shape index (κ3) is 6.76. The molecule has 0 bridgehead atoms. The first-order valence-electron chi connectivity index (χ1n) is 23.8. The van der Waals surface area contributed by atoms with E-state index in [2.05, 4.69) is 267 Å². The number of aromatic nitrogens is 1. The molecule has 1 aliphatic heterocycles. The number of hydrogen-bond acceptors (Lipinski definition) is 3. The van der Waals surface area contributed by atoms with Gasteiger partial charge in [-0.15, -0.1) is 0 Å². The number of benzene rings is 10. The quantitative estimate of drug-likeness (QED) is 0.154. The van der Waals surface area contributed by atoms with Crippen LogP contribution in [0.1, 0.15) is 26.3 Å². The molecule has 1 radical (unpaired) electrons. The summed E-state index contributed by atoms with van der Waals surface area (Å²) in [6.45, 7) is 6.78. The predicted molar refractivity (Wildman–Crippen MR) is 292 cm³/mol. The summed E-state index contributed by atoms with van der Waals surface area (Å²) >= 11 is 0. The predicted octanol–water partition coefficient (Wildman–Crippen LogP) is 16.2. The van der Waals surface area contributed by atoms with E-state index >= 15 is 0 Å². The molecule has 4 nitrogen and oxygen atoms in total. The summed E-state index contributed by atoms with van der Waals surface area (Å²) in [7, 11) is 2.41. The molecule has 10 aromatic carbocycles. The van der Waals surface area contributed by atoms with Crippen molar-refractivity contribution in [1.82, 2.24) is 4.57 Å². The van der Waals surface area contributed by atoms with Gasteiger partial charge in [-0.2, -0.15) is 0 Å². The van der Waals surface area contributed by atoms with Crippen molar-refractivity contribution in [2.24, 2.45) is 0 Å². The highest BCUT2D eigenvalue weighted by Gasteiger charge is 2.33. The van der Waals surface area contributed by atoms with Crippen LogP contribution in [0.5, 0.6) is 0 Å². The van der Waals surface area contributed by atoms with Gasteiger partial charge in [-0.25, -0.2) is 0 Å². The minimum atomic E-state index is 0.0532. The highest BCUT2D eigenvalue weighted by atomic mass is 16.3. The summed E-state index contributed by atoms with van der Waals surface area (Å²) < 4.78 is 9.61. The summed E-state index contributed by atoms with van der Waals surface area (Å²) in [6.07, 6.45) is 0. The average molecular weight is 885 g/mol. The first-order chi connectivity index (χ1) is 33.9. The Morgan fingerprint density at radius 3 is 1.84 bits per heavy atom. The van der Waals surface area contributed by atoms with Crippen LogP contribution in [-0.4, -0.2) is 11.8 Å². The second-order valence-electron chi connectivity index (χ2n) is 19.2. The zero-order valence-corrected chi connectivity index (χ0v) is 38.7. The van der Waals surface area contributed by atoms with Crippen molar-refractivity contribution < 1.29 is 4.42 Å². The van der Waals surface area contributed by atoms with Gasteiger partial charge in [-0.05, 0) is 93.6 Å². The zero-order chi connectivity index (χ0) is 46.2. The van der Waals surface area contributed by atoms with Crippen LogP contribution in [0.3, 0.4) is 0 Å². The fraction of sp³-hybridized carbons (Fsp3) is 0.0625. The third-order valence-corrected chi connectivity index (χ3v) is 13.9. The molecule has 0 saturated carbocycles. The van der Waals surface area contributed by atoms with E-state index < -0.39 is 0 Å². The molecule has 3 heterocycles. The van der Waals surface area contributed by atoms with Crippen molar-refractivity contribution in [3.63, 3.8) is 0 Å². The Morgan fingerprint density at radius 1 is 0.522 bits per heavy atom. The van der Waals surface area contributed by atoms with Gasteiger partial charge in [0.25, 0.3) is 0 Å². The second kappa shape index (κ2) is 16.1. The molecular weight excluding hydrogens is 838 g/mol. The lowest BCUT2D eigenvalue weighted by molar-refractivity contribution is 0.590. The van der Waals surface area contributed by atoms with Gasteiger partial charge in [-0.1, -0.05) is 190 Å². The van der Waals surface area contributed by atoms with Gasteiger partial charge in [0.2, 0.25) is 0 Å². The maximum atomic E-state index is 7.04. The van der Waals surface area contributed by atoms with E-state index in [1.807, 2.05) is 0 Å². The van der Waals surface area contributed by atoms with E-state index in [4.69, 9.17) is 4.42 Å². The number of para-hydroxylation sites is 3. The van der Waals surface area contributed by atoms with Crippen molar-refractivity contribution in [3.8, 4) is 39.3 Å². The van der Waals surface area contributed by atoms with Gasteiger partial charge in [-0.3, -0.25) is 0 Å². The summed E-state index contributed by atoms with van der Waals surface area (Å²) in [4.78, 5) is 2.44. The molecule has 0 unspecified atom stereocenters. The lowest BCUT2D eigenvalue weighted by atomic mass is 9.58. The number of hydrogen-bond donors (Lipinski definition) is 1. The van der Waals surface area contributed by atoms with Crippen LogP contribution < -0.4 is 21.1 Å². The van der Waals surface area contributed by atoms with Gasteiger partial charge >= 0.3 is 0 Å². The van der Waals surface area contributed by atoms with Crippen LogP contribution in [0.2, 0.25) is 0 Å². The standard InChI is InChI=1S/C64H47BN3O/c1-64(2,3)44-33-35-45(36-34-44)66-54-31-19-18-30-49(54)51-38-56(67(46-25-12-6-13-26-46)47-27-14-7-15-28-47)59-50-37-32-41-20-16-17-29-48(41)61(50)68-55-39-52-57(40-53(55)65-60(51)62(59)68)69-63(43-23-10-5-11-24-43)58(52)42-21-8-4-9-22-42/h4-40,66H,1-3H3. The highest BCUT2D eigenvalue weighted by Crippen LogP contribution is 2.49. The van der Waals surface area contributed by atoms with Gasteiger partial charge in [0.15, 0.2) is 7.28 Å². The lowest BCUT2D eigenvalue weighted by Crippen LogP contribution is -2.37. The van der Waals surface area contributed by atoms with Gasteiger partial charge in [0.1, 0.15) is 11.3 Å². The number of fused-ring (bicyclic) bond motifs is 8. The van der Waals surface area contributed by atoms with E-state index in [1.54, 1.807) is 0 Å². The molecule has 0 amide bonds. The highest BCUT2D eigenvalue weighted by molar-refractivity contribution is 6.74. The molecule has 0 fully saturated rings. The molecule has 1 N–H and O–H groups in total. The maximum Gasteiger partial charge on any atom is 0.198 e. The molecule has 0 aliphatic carbocycles. The number of nitrogens with one attached hydrogen (secondary N) is 1. The number of nitrogens with zero attached hydrogens (tertiary/aromatic N) is 2. The number of rotatable bonds is 8. The Labute approximate surface area is 403 Å². The van der Waals surface area contributed by atoms with Crippen molar-refractivity contribution in [3.05, 3.63) is 230 Å². The van der Waals surface area contributed by atoms with E-state index in [1.165, 1.54) is 32.6 Å². The average Bonchev–Trinajstić information content (AvgIpc) is 3.95. The molecule has 5 heteroatoms. The van der Waals surface area contributed by atoms with Crippen molar-refractivity contribution in [2.75, 3.05) is 10.2 Å². The molecule has 13 rings (SSSR count). The number of anilines is 5. The Balaban J connectivity index is 1.16. The van der Waals surface area contributed by atoms with Crippen LogP contribution in [0.4, 0.5) is 28.4 Å². The SMILES string of the molecule is CC(C)(C)c1ccc(Nc2ccccc2-c2cc(N(c3ccccc3)c3ccccc3)c3c4ccc5ccccc5c4n4c3c2[B]c2cc3oc(-c5ccccc5)c(-c5ccccc5)c3cc2-4)cc1. The van der Waals surface area contributed by atoms with Crippen LogP contribution in [0.15, 0.2) is 229 Å². The van der Waals surface area contributed by atoms with Gasteiger partial charge < -0.3 is 19.2 Å². The van der Waals surface area contributed by atoms with Crippen molar-refractivity contribution in [2.45, 2.75) is 26.2 Å². The molecule has 1 aliphatic rings. The van der Waals surface area contributed by atoms with Crippen LogP contribution in [0.25, 0.3) is 82.8 Å². The molecule has 12 aromatic rings. The summed E-state index contributed by atoms with van der Waals surface area (Å²) in [5.74, 6) is 0.865. The summed E-state index contributed by atoms with van der Waals surface area (Å²) in [6, 6.07) is 81.0. The summed E-state index contributed by atoms with van der Waals surface area (Å²) in [5, 5.41) is 9.72. The van der Waals surface area contributed by atoms with Crippen LogP contribution in [-0.2, 0) is 5.41 Å². The van der Waals surface area contributed by atoms with E-state index in [9.17, 15) is 0 Å². The largest absolute Gasteiger partial charge is 0.455 e. The molecule has 0 spiro atoms. The van der Waals surface area contributed by atoms with E-state index in [-0.39, 0.29) is 5.41 Å². The second-order valence-corrected chi connectivity index (χ2v) is 19.2. The normalized spacial score (nSPS) is 12.1. The first kappa shape index (κ1) is 40.7. The molecular formula is C64H47BN3O. The molecule has 0 saturated heterocycles. The minimum absolute atomic E-state index is 0.0532. The van der Waals surface area contributed by atoms with E-state index in [0.29, 0.717) is 0 Å². The molecule has 2 aromatic heterocycles. The van der Waals surface area contributed by atoms with Crippen LogP contribution >= 0.6 is 0 Å². The monoisotopic (exact) mass is 884 g/mol. The van der Waals surface area contributed by atoms with Crippen molar-refractivity contribution in [1.29, 1.82) is 0 Å². The topological polar surface area (TPSA) is 33.3 Å². The Morgan fingerprint density at radius 2 is 1.14 bits per heavy atom. The van der Waals surface area contributed by atoms with Crippen LogP contribution in [0, 0.1) is 0 Å². The molecule has 0 atom stereocenters. The fourth-order valence-corrected chi connectivity index (χ4v) is 10.7. The zero-order valence-electron chi connectivity index (χ0n) is 38.7. The fourth-order valence-electron chi connectivity index (χ4n) is 10.7. The van der Waals surface area contributed by atoms with Crippen molar-refractivity contribution >= 4 is 90.2 Å². The van der Waals surface area contributed by atoms with E-state index in [0.717, 1.165) is 95.1 Å². The smallest absolute Gasteiger partial charge is 0.198 e. The lowest BCUT2D eigenvalue weighted by Gasteiger charge is -2.30. The Hall–Kier alpha value is -8.54. The molecule has 327 valence electrons. The van der Waals surface area contributed by atoms with Gasteiger partial charge in [0.05, 0.1) is 16.7 Å². The number of furan rings is 1. The summed E-state index contributed by atoms with van der Waals surface area (Å²) in [5.41, 5.74) is 18.7. The first-order valence-corrected chi connectivity index (χ1v) is 23.8. The Bertz CT molecular complexity index is 3870. The maximum absolute atomic E-state index is 7.04. The van der Waals surface area contributed by atoms with Gasteiger partial charge in [0, 0.05) is 66.7 Å². The third-order valence-electron chi connectivity index (χ3n) is 13.9. The Kier molecular flexibility index (Phi) is 9.48.